The van der Waals surface area contributed by atoms with Gasteiger partial charge in [0.15, 0.2) is 0 Å². The van der Waals surface area contributed by atoms with E-state index in [1.807, 2.05) is 29.2 Å². The molecule has 11 heteroatoms. The minimum absolute atomic E-state index is 0.278. The summed E-state index contributed by atoms with van der Waals surface area (Å²) < 4.78 is 27.0. The molecule has 30 heavy (non-hydrogen) atoms. The van der Waals surface area contributed by atoms with Crippen LogP contribution in [0.4, 0.5) is 10.6 Å². The molecule has 3 amide bonds. The molecule has 2 aliphatic heterocycles. The Morgan fingerprint density at radius 2 is 1.80 bits per heavy atom. The summed E-state index contributed by atoms with van der Waals surface area (Å²) in [5.41, 5.74) is 0.471. The summed E-state index contributed by atoms with van der Waals surface area (Å²) >= 11 is 0. The second-order valence-corrected chi connectivity index (χ2v) is 9.50. The second-order valence-electron chi connectivity index (χ2n) is 7.53. The number of nitrogens with one attached hydrogen (secondary N) is 2. The van der Waals surface area contributed by atoms with Crippen LogP contribution in [0.3, 0.4) is 0 Å². The van der Waals surface area contributed by atoms with Gasteiger partial charge in [-0.1, -0.05) is 6.07 Å². The molecule has 2 aliphatic rings. The maximum absolute atomic E-state index is 12.8. The maximum Gasteiger partial charge on any atom is 0.322 e. The van der Waals surface area contributed by atoms with Gasteiger partial charge in [-0.05, 0) is 25.1 Å². The number of hydrogen-bond donors (Lipinski definition) is 2. The van der Waals surface area contributed by atoms with Crippen LogP contribution in [0.2, 0.25) is 0 Å². The lowest BCUT2D eigenvalue weighted by Gasteiger charge is -2.35. The van der Waals surface area contributed by atoms with E-state index in [4.69, 9.17) is 0 Å². The Morgan fingerprint density at radius 1 is 1.07 bits per heavy atom. The van der Waals surface area contributed by atoms with Crippen molar-refractivity contribution >= 4 is 27.8 Å². The predicted molar refractivity (Wildman–Crippen MR) is 110 cm³/mol. The van der Waals surface area contributed by atoms with Crippen LogP contribution in [0, 0.1) is 0 Å². The lowest BCUT2D eigenvalue weighted by Crippen LogP contribution is -2.55. The van der Waals surface area contributed by atoms with E-state index in [1.165, 1.54) is 11.2 Å². The highest BCUT2D eigenvalue weighted by atomic mass is 32.2. The van der Waals surface area contributed by atoms with Gasteiger partial charge in [0.05, 0.1) is 5.75 Å². The molecule has 2 saturated heterocycles. The molecule has 0 spiro atoms. The number of imide groups is 1. The molecule has 0 saturated carbocycles. The van der Waals surface area contributed by atoms with Gasteiger partial charge in [0.25, 0.3) is 5.91 Å². The third-order valence-electron chi connectivity index (χ3n) is 5.29. The molecule has 2 aromatic heterocycles. The van der Waals surface area contributed by atoms with Crippen molar-refractivity contribution in [3.8, 4) is 11.1 Å². The summed E-state index contributed by atoms with van der Waals surface area (Å²) in [5, 5.41) is 4.48. The van der Waals surface area contributed by atoms with E-state index >= 15 is 0 Å². The Balaban J connectivity index is 1.39. The number of hydrogen-bond acceptors (Lipinski definition) is 7. The van der Waals surface area contributed by atoms with Crippen LogP contribution < -0.4 is 15.5 Å². The first-order valence-corrected chi connectivity index (χ1v) is 11.1. The largest absolute Gasteiger partial charge is 0.354 e. The van der Waals surface area contributed by atoms with E-state index < -0.39 is 33.3 Å². The third kappa shape index (κ3) is 3.98. The molecule has 1 atom stereocenters. The van der Waals surface area contributed by atoms with Crippen LogP contribution in [0.5, 0.6) is 0 Å². The average Bonchev–Trinajstić information content (AvgIpc) is 2.99. The van der Waals surface area contributed by atoms with Crippen LogP contribution >= 0.6 is 0 Å². The van der Waals surface area contributed by atoms with Gasteiger partial charge in [0, 0.05) is 55.9 Å². The van der Waals surface area contributed by atoms with Gasteiger partial charge in [-0.2, -0.15) is 4.31 Å². The van der Waals surface area contributed by atoms with Crippen molar-refractivity contribution in [2.24, 2.45) is 0 Å². The summed E-state index contributed by atoms with van der Waals surface area (Å²) in [7, 11) is -3.73. The number of aromatic nitrogens is 2. The van der Waals surface area contributed by atoms with Crippen molar-refractivity contribution < 1.29 is 18.0 Å². The van der Waals surface area contributed by atoms with Crippen molar-refractivity contribution in [2.45, 2.75) is 12.5 Å². The molecule has 0 radical (unpaired) electrons. The lowest BCUT2D eigenvalue weighted by molar-refractivity contribution is -0.122. The summed E-state index contributed by atoms with van der Waals surface area (Å²) in [4.78, 5) is 33.9. The van der Waals surface area contributed by atoms with E-state index in [9.17, 15) is 18.0 Å². The minimum Gasteiger partial charge on any atom is -0.354 e. The van der Waals surface area contributed by atoms with Gasteiger partial charge in [-0.15, -0.1) is 0 Å². The van der Waals surface area contributed by atoms with Crippen LogP contribution in [-0.2, 0) is 14.8 Å². The molecular weight excluding hydrogens is 408 g/mol. The van der Waals surface area contributed by atoms with Gasteiger partial charge in [0.2, 0.25) is 10.0 Å². The molecule has 2 fully saturated rings. The minimum atomic E-state index is -3.73. The first kappa shape index (κ1) is 20.2. The molecule has 4 rings (SSSR count). The number of carbonyl (C=O) groups excluding carboxylic acids is 2. The predicted octanol–water partition coefficient (Wildman–Crippen LogP) is 0.194. The molecule has 0 aliphatic carbocycles. The van der Waals surface area contributed by atoms with Crippen LogP contribution in [-0.4, -0.2) is 72.1 Å². The first-order valence-electron chi connectivity index (χ1n) is 9.50. The summed E-state index contributed by atoms with van der Waals surface area (Å²) in [6.07, 6.45) is 5.26. The smallest absolute Gasteiger partial charge is 0.322 e. The molecule has 0 bridgehead atoms. The number of piperazine rings is 1. The number of amides is 3. The van der Waals surface area contributed by atoms with Gasteiger partial charge >= 0.3 is 6.03 Å². The zero-order valence-corrected chi connectivity index (χ0v) is 17.2. The first-order chi connectivity index (χ1) is 14.3. The van der Waals surface area contributed by atoms with E-state index in [1.54, 1.807) is 18.6 Å². The van der Waals surface area contributed by atoms with Crippen molar-refractivity contribution in [1.29, 1.82) is 0 Å². The van der Waals surface area contributed by atoms with Gasteiger partial charge in [-0.3, -0.25) is 15.1 Å². The van der Waals surface area contributed by atoms with E-state index in [0.717, 1.165) is 16.9 Å². The van der Waals surface area contributed by atoms with Gasteiger partial charge in [0.1, 0.15) is 11.4 Å². The fraction of sp³-hybridized carbons (Fsp3) is 0.368. The highest BCUT2D eigenvalue weighted by molar-refractivity contribution is 7.89. The maximum atomic E-state index is 12.8. The van der Waals surface area contributed by atoms with Crippen molar-refractivity contribution in [1.82, 2.24) is 24.9 Å². The second kappa shape index (κ2) is 7.65. The Hall–Kier alpha value is -3.05. The van der Waals surface area contributed by atoms with Crippen LogP contribution in [0.15, 0.2) is 42.9 Å². The van der Waals surface area contributed by atoms with Gasteiger partial charge < -0.3 is 10.2 Å². The normalized spacial score (nSPS) is 22.6. The van der Waals surface area contributed by atoms with E-state index in [2.05, 4.69) is 20.6 Å². The molecule has 2 aromatic rings. The van der Waals surface area contributed by atoms with Crippen LogP contribution in [0.25, 0.3) is 11.1 Å². The van der Waals surface area contributed by atoms with Gasteiger partial charge in [-0.25, -0.2) is 18.2 Å². The molecule has 4 heterocycles. The van der Waals surface area contributed by atoms with Crippen molar-refractivity contribution in [2.75, 3.05) is 36.8 Å². The summed E-state index contributed by atoms with van der Waals surface area (Å²) in [6.45, 7) is 2.93. The van der Waals surface area contributed by atoms with Crippen LogP contribution in [0.1, 0.15) is 6.92 Å². The molecule has 158 valence electrons. The molecule has 10 nitrogen and oxygen atoms in total. The number of carbonyl (C=O) groups is 2. The Bertz CT molecular complexity index is 1050. The Morgan fingerprint density at radius 3 is 2.37 bits per heavy atom. The molecule has 2 N–H and O–H groups in total. The Kier molecular flexibility index (Phi) is 5.16. The average molecular weight is 430 g/mol. The number of sulfonamides is 1. The van der Waals surface area contributed by atoms with Crippen molar-refractivity contribution in [3.63, 3.8) is 0 Å². The number of rotatable bonds is 5. The van der Waals surface area contributed by atoms with Crippen molar-refractivity contribution in [3.05, 3.63) is 42.9 Å². The zero-order valence-electron chi connectivity index (χ0n) is 16.4. The quantitative estimate of drug-likeness (QED) is 0.649. The fourth-order valence-corrected chi connectivity index (χ4v) is 5.45. The van der Waals surface area contributed by atoms with E-state index in [-0.39, 0.29) is 13.1 Å². The number of pyridine rings is 2. The molecule has 0 aromatic carbocycles. The number of anilines is 1. The summed E-state index contributed by atoms with van der Waals surface area (Å²) in [5.74, 6) is -0.336. The van der Waals surface area contributed by atoms with E-state index in [0.29, 0.717) is 13.1 Å². The lowest BCUT2D eigenvalue weighted by atomic mass is 10.1. The molecule has 1 unspecified atom stereocenters. The monoisotopic (exact) mass is 430 g/mol. The molecular formula is C19H22N6O4S. The Labute approximate surface area is 174 Å². The summed E-state index contributed by atoms with van der Waals surface area (Å²) in [6, 6.07) is 7.02. The number of nitrogens with zero attached hydrogens (tertiary/aromatic N) is 4. The highest BCUT2D eigenvalue weighted by Gasteiger charge is 2.46. The number of urea groups is 1. The fourth-order valence-electron chi connectivity index (χ4n) is 3.61. The highest BCUT2D eigenvalue weighted by Crippen LogP contribution is 2.22. The SMILES string of the molecule is CC1(CS(=O)(=O)N2CCN(c3ccc(-c4cccnc4)cn3)CC2)NC(=O)NC1=O. The standard InChI is InChI=1S/C19H22N6O4S/c1-19(17(26)22-18(27)23-19)13-30(28,29)25-9-7-24(8-10-25)16-5-4-15(12-21-16)14-3-2-6-20-11-14/h2-6,11-12H,7-10,13H2,1H3,(H2,22,23,26,27). The third-order valence-corrected chi connectivity index (χ3v) is 7.38. The topological polar surface area (TPSA) is 125 Å². The zero-order chi connectivity index (χ0) is 21.4.